The summed E-state index contributed by atoms with van der Waals surface area (Å²) in [6.45, 7) is 7.05. The number of aryl methyl sites for hydroxylation is 2. The lowest BCUT2D eigenvalue weighted by Gasteiger charge is -2.33. The van der Waals surface area contributed by atoms with Crippen LogP contribution in [0, 0.1) is 13.8 Å². The third kappa shape index (κ3) is 5.16. The highest BCUT2D eigenvalue weighted by molar-refractivity contribution is 7.92. The highest BCUT2D eigenvalue weighted by atomic mass is 32.2. The molecule has 0 aromatic heterocycles. The highest BCUT2D eigenvalue weighted by Crippen LogP contribution is 2.25. The quantitative estimate of drug-likeness (QED) is 0.728. The van der Waals surface area contributed by atoms with Gasteiger partial charge in [-0.05, 0) is 45.2 Å². The standard InChI is InChI=1S/C22H29N3O3S/c1-18-4-8-20(9-5-18)25(29(27,28)21-10-6-19(2)7-11-21)13-12-22(26)24-16-14-23(3)15-17-24/h4-11H,12-17H2,1-3H3. The van der Waals surface area contributed by atoms with Crippen LogP contribution >= 0.6 is 0 Å². The minimum atomic E-state index is -3.76. The van der Waals surface area contributed by atoms with Crippen LogP contribution in [-0.2, 0) is 14.8 Å². The molecule has 0 spiro atoms. The van der Waals surface area contributed by atoms with Gasteiger partial charge in [-0.2, -0.15) is 0 Å². The third-order valence-corrected chi connectivity index (χ3v) is 7.16. The van der Waals surface area contributed by atoms with Crippen molar-refractivity contribution < 1.29 is 13.2 Å². The van der Waals surface area contributed by atoms with E-state index < -0.39 is 10.0 Å². The van der Waals surface area contributed by atoms with Gasteiger partial charge >= 0.3 is 0 Å². The molecule has 1 fully saturated rings. The summed E-state index contributed by atoms with van der Waals surface area (Å²) in [5.41, 5.74) is 2.62. The van der Waals surface area contributed by atoms with Crippen molar-refractivity contribution in [1.29, 1.82) is 0 Å². The lowest BCUT2D eigenvalue weighted by molar-refractivity contribution is -0.132. The summed E-state index contributed by atoms with van der Waals surface area (Å²) in [6, 6.07) is 14.2. The molecule has 1 aliphatic heterocycles. The Hall–Kier alpha value is -2.38. The number of hydrogen-bond acceptors (Lipinski definition) is 4. The lowest BCUT2D eigenvalue weighted by atomic mass is 10.2. The maximum Gasteiger partial charge on any atom is 0.264 e. The number of rotatable bonds is 6. The number of amides is 1. The van der Waals surface area contributed by atoms with Crippen LogP contribution in [0.15, 0.2) is 53.4 Å². The van der Waals surface area contributed by atoms with Gasteiger partial charge in [-0.25, -0.2) is 8.42 Å². The molecule has 7 heteroatoms. The van der Waals surface area contributed by atoms with Gasteiger partial charge in [0, 0.05) is 39.1 Å². The Morgan fingerprint density at radius 1 is 0.897 bits per heavy atom. The Morgan fingerprint density at radius 2 is 1.41 bits per heavy atom. The Kier molecular flexibility index (Phi) is 6.59. The van der Waals surface area contributed by atoms with E-state index >= 15 is 0 Å². The first-order valence-corrected chi connectivity index (χ1v) is 11.3. The molecule has 29 heavy (non-hydrogen) atoms. The van der Waals surface area contributed by atoms with Crippen LogP contribution in [0.4, 0.5) is 5.69 Å². The van der Waals surface area contributed by atoms with Crippen molar-refractivity contribution in [2.75, 3.05) is 44.1 Å². The normalized spacial score (nSPS) is 15.3. The van der Waals surface area contributed by atoms with Crippen LogP contribution < -0.4 is 4.31 Å². The van der Waals surface area contributed by atoms with Gasteiger partial charge in [0.15, 0.2) is 0 Å². The number of hydrogen-bond donors (Lipinski definition) is 0. The monoisotopic (exact) mass is 415 g/mol. The minimum Gasteiger partial charge on any atom is -0.340 e. The Balaban J connectivity index is 1.82. The second-order valence-electron chi connectivity index (χ2n) is 7.66. The van der Waals surface area contributed by atoms with Gasteiger partial charge in [0.2, 0.25) is 5.91 Å². The van der Waals surface area contributed by atoms with Crippen molar-refractivity contribution in [2.45, 2.75) is 25.2 Å². The maximum atomic E-state index is 13.4. The summed E-state index contributed by atoms with van der Waals surface area (Å²) in [5, 5.41) is 0. The van der Waals surface area contributed by atoms with Crippen LogP contribution in [0.2, 0.25) is 0 Å². The number of anilines is 1. The summed E-state index contributed by atoms with van der Waals surface area (Å²) in [7, 11) is -1.73. The van der Waals surface area contributed by atoms with Crippen LogP contribution in [0.5, 0.6) is 0 Å². The van der Waals surface area contributed by atoms with Crippen molar-refractivity contribution in [3.63, 3.8) is 0 Å². The summed E-state index contributed by atoms with van der Waals surface area (Å²) in [4.78, 5) is 16.9. The first-order valence-electron chi connectivity index (χ1n) is 9.90. The fraction of sp³-hybridized carbons (Fsp3) is 0.409. The molecular formula is C22H29N3O3S. The molecule has 0 unspecified atom stereocenters. The largest absolute Gasteiger partial charge is 0.340 e. The van der Waals surface area contributed by atoms with Gasteiger partial charge in [-0.3, -0.25) is 9.10 Å². The molecular weight excluding hydrogens is 386 g/mol. The van der Waals surface area contributed by atoms with Gasteiger partial charge < -0.3 is 9.80 Å². The number of carbonyl (C=O) groups excluding carboxylic acids is 1. The molecule has 0 radical (unpaired) electrons. The Bertz CT molecular complexity index is 932. The van der Waals surface area contributed by atoms with Crippen LogP contribution in [0.3, 0.4) is 0 Å². The predicted octanol–water partition coefficient (Wildman–Crippen LogP) is 2.66. The van der Waals surface area contributed by atoms with E-state index in [9.17, 15) is 13.2 Å². The van der Waals surface area contributed by atoms with Gasteiger partial charge in [0.25, 0.3) is 10.0 Å². The van der Waals surface area contributed by atoms with Crippen molar-refractivity contribution in [2.24, 2.45) is 0 Å². The summed E-state index contributed by atoms with van der Waals surface area (Å²) < 4.78 is 28.1. The second kappa shape index (κ2) is 8.97. The molecule has 156 valence electrons. The molecule has 0 atom stereocenters. The topological polar surface area (TPSA) is 60.9 Å². The molecule has 1 amide bonds. The summed E-state index contributed by atoms with van der Waals surface area (Å²) in [6.07, 6.45) is 0.155. The molecule has 1 aliphatic rings. The Morgan fingerprint density at radius 3 is 1.97 bits per heavy atom. The van der Waals surface area contributed by atoms with E-state index in [0.717, 1.165) is 24.2 Å². The lowest BCUT2D eigenvalue weighted by Crippen LogP contribution is -2.48. The fourth-order valence-electron chi connectivity index (χ4n) is 3.35. The minimum absolute atomic E-state index is 0.00526. The maximum absolute atomic E-state index is 13.4. The molecule has 1 saturated heterocycles. The van der Waals surface area contributed by atoms with E-state index in [1.165, 1.54) is 4.31 Å². The SMILES string of the molecule is Cc1ccc(N(CCC(=O)N2CCN(C)CC2)S(=O)(=O)c2ccc(C)cc2)cc1. The Labute approximate surface area is 173 Å². The van der Waals surface area contributed by atoms with Crippen molar-refractivity contribution in [3.05, 3.63) is 59.7 Å². The van der Waals surface area contributed by atoms with Crippen molar-refractivity contribution in [1.82, 2.24) is 9.80 Å². The zero-order valence-corrected chi connectivity index (χ0v) is 18.2. The number of nitrogens with zero attached hydrogens (tertiary/aromatic N) is 3. The average Bonchev–Trinajstić information content (AvgIpc) is 2.70. The van der Waals surface area contributed by atoms with E-state index in [2.05, 4.69) is 4.90 Å². The second-order valence-corrected chi connectivity index (χ2v) is 9.52. The molecule has 2 aromatic carbocycles. The molecule has 2 aromatic rings. The number of sulfonamides is 1. The molecule has 0 N–H and O–H groups in total. The van der Waals surface area contributed by atoms with E-state index in [4.69, 9.17) is 0 Å². The highest BCUT2D eigenvalue weighted by Gasteiger charge is 2.27. The molecule has 0 aliphatic carbocycles. The molecule has 3 rings (SSSR count). The average molecular weight is 416 g/mol. The van der Waals surface area contributed by atoms with Gasteiger partial charge in [0.05, 0.1) is 10.6 Å². The number of likely N-dealkylation sites (N-methyl/N-ethyl adjacent to an activating group) is 1. The van der Waals surface area contributed by atoms with Gasteiger partial charge in [0.1, 0.15) is 0 Å². The first-order chi connectivity index (χ1) is 13.8. The number of carbonyl (C=O) groups is 1. The smallest absolute Gasteiger partial charge is 0.264 e. The summed E-state index contributed by atoms with van der Waals surface area (Å²) in [5.74, 6) is -0.00526. The number of benzene rings is 2. The zero-order valence-electron chi connectivity index (χ0n) is 17.3. The molecule has 0 saturated carbocycles. The predicted molar refractivity (Wildman–Crippen MR) is 116 cm³/mol. The summed E-state index contributed by atoms with van der Waals surface area (Å²) >= 11 is 0. The molecule has 0 bridgehead atoms. The molecule has 1 heterocycles. The van der Waals surface area contributed by atoms with Crippen molar-refractivity contribution in [3.8, 4) is 0 Å². The van der Waals surface area contributed by atoms with Crippen LogP contribution in [-0.4, -0.2) is 63.9 Å². The first kappa shape index (κ1) is 21.3. The van der Waals surface area contributed by atoms with Gasteiger partial charge in [-0.1, -0.05) is 35.4 Å². The zero-order chi connectivity index (χ0) is 21.0. The number of piperazine rings is 1. The third-order valence-electron chi connectivity index (χ3n) is 5.32. The van der Waals surface area contributed by atoms with Crippen LogP contribution in [0.25, 0.3) is 0 Å². The van der Waals surface area contributed by atoms with E-state index in [1.807, 2.05) is 37.9 Å². The molecule has 6 nitrogen and oxygen atoms in total. The van der Waals surface area contributed by atoms with E-state index in [0.29, 0.717) is 18.8 Å². The fourth-order valence-corrected chi connectivity index (χ4v) is 4.81. The van der Waals surface area contributed by atoms with Crippen LogP contribution in [0.1, 0.15) is 17.5 Å². The van der Waals surface area contributed by atoms with E-state index in [-0.39, 0.29) is 23.8 Å². The van der Waals surface area contributed by atoms with E-state index in [1.54, 1.807) is 36.4 Å². The van der Waals surface area contributed by atoms with Crippen molar-refractivity contribution >= 4 is 21.6 Å². The van der Waals surface area contributed by atoms with Gasteiger partial charge in [-0.15, -0.1) is 0 Å².